The molecule has 5 nitrogen and oxygen atoms in total. The molecule has 16 heavy (non-hydrogen) atoms. The van der Waals surface area contributed by atoms with E-state index in [0.717, 1.165) is 7.11 Å². The number of methoxy groups -OCH3 is 1. The number of rotatable bonds is 3. The molecular weight excluding hydrogens is 222 g/mol. The molecule has 1 aromatic rings. The zero-order valence-corrected chi connectivity index (χ0v) is 8.07. The fourth-order valence-electron chi connectivity index (χ4n) is 1.14. The summed E-state index contributed by atoms with van der Waals surface area (Å²) in [4.78, 5) is 14.0. The second-order valence-corrected chi connectivity index (χ2v) is 2.68. The van der Waals surface area contributed by atoms with E-state index in [4.69, 9.17) is 10.4 Å². The molecule has 0 aromatic carbocycles. The highest BCUT2D eigenvalue weighted by atomic mass is 19.3. The standard InChI is InChI=1S/C9H6F2N2O3/c1-16-7-4(2-12)5(9(14)15)3-13-6(7)8(10)11/h3,8H,1H3,(H,14,15). The van der Waals surface area contributed by atoms with Crippen LogP contribution in [0, 0.1) is 11.3 Å². The smallest absolute Gasteiger partial charge is 0.338 e. The van der Waals surface area contributed by atoms with E-state index >= 15 is 0 Å². The topological polar surface area (TPSA) is 83.2 Å². The quantitative estimate of drug-likeness (QED) is 0.849. The lowest BCUT2D eigenvalue weighted by Gasteiger charge is -2.09. The van der Waals surface area contributed by atoms with Gasteiger partial charge in [-0.3, -0.25) is 4.98 Å². The van der Waals surface area contributed by atoms with Crippen LogP contribution in [0.3, 0.4) is 0 Å². The van der Waals surface area contributed by atoms with E-state index < -0.39 is 35.0 Å². The minimum atomic E-state index is -2.94. The van der Waals surface area contributed by atoms with Gasteiger partial charge in [0, 0.05) is 6.20 Å². The Kier molecular flexibility index (Phi) is 3.35. The van der Waals surface area contributed by atoms with Gasteiger partial charge in [0.1, 0.15) is 17.3 Å². The van der Waals surface area contributed by atoms with Gasteiger partial charge in [0.05, 0.1) is 12.7 Å². The SMILES string of the molecule is COc1c(C(F)F)ncc(C(=O)O)c1C#N. The Morgan fingerprint density at radius 1 is 1.69 bits per heavy atom. The van der Waals surface area contributed by atoms with Crippen molar-refractivity contribution in [3.8, 4) is 11.8 Å². The third-order valence-corrected chi connectivity index (χ3v) is 1.81. The number of ether oxygens (including phenoxy) is 1. The van der Waals surface area contributed by atoms with E-state index in [-0.39, 0.29) is 0 Å². The summed E-state index contributed by atoms with van der Waals surface area (Å²) in [5, 5.41) is 17.4. The van der Waals surface area contributed by atoms with Crippen LogP contribution in [0.2, 0.25) is 0 Å². The number of aromatic nitrogens is 1. The van der Waals surface area contributed by atoms with Crippen molar-refractivity contribution in [3.05, 3.63) is 23.0 Å². The van der Waals surface area contributed by atoms with Crippen molar-refractivity contribution in [2.24, 2.45) is 0 Å². The first kappa shape index (κ1) is 11.8. The summed E-state index contributed by atoms with van der Waals surface area (Å²) in [6, 6.07) is 1.51. The van der Waals surface area contributed by atoms with E-state index in [1.807, 2.05) is 0 Å². The van der Waals surface area contributed by atoms with Gasteiger partial charge in [-0.1, -0.05) is 0 Å². The van der Waals surface area contributed by atoms with Crippen molar-refractivity contribution in [2.45, 2.75) is 6.43 Å². The highest BCUT2D eigenvalue weighted by Gasteiger charge is 2.24. The number of nitrogens with zero attached hydrogens (tertiary/aromatic N) is 2. The Balaban J connectivity index is 3.54. The second kappa shape index (κ2) is 4.53. The third-order valence-electron chi connectivity index (χ3n) is 1.81. The molecule has 7 heteroatoms. The van der Waals surface area contributed by atoms with E-state index in [9.17, 15) is 13.6 Å². The summed E-state index contributed by atoms with van der Waals surface area (Å²) in [5.74, 6) is -1.93. The molecule has 0 aliphatic heterocycles. The Morgan fingerprint density at radius 3 is 2.69 bits per heavy atom. The molecule has 0 unspecified atom stereocenters. The minimum Gasteiger partial charge on any atom is -0.493 e. The van der Waals surface area contributed by atoms with Gasteiger partial charge in [0.15, 0.2) is 5.75 Å². The molecule has 1 rings (SSSR count). The van der Waals surface area contributed by atoms with Gasteiger partial charge in [-0.2, -0.15) is 5.26 Å². The number of hydrogen-bond acceptors (Lipinski definition) is 4. The Bertz CT molecular complexity index is 469. The number of carbonyl (C=O) groups is 1. The van der Waals surface area contributed by atoms with Crippen molar-refractivity contribution in [1.29, 1.82) is 5.26 Å². The van der Waals surface area contributed by atoms with Crippen molar-refractivity contribution < 1.29 is 23.4 Å². The molecule has 0 spiro atoms. The molecule has 0 amide bonds. The lowest BCUT2D eigenvalue weighted by molar-refractivity contribution is 0.0694. The predicted molar refractivity (Wildman–Crippen MR) is 47.4 cm³/mol. The molecule has 0 aliphatic carbocycles. The lowest BCUT2D eigenvalue weighted by Crippen LogP contribution is -2.07. The van der Waals surface area contributed by atoms with Crippen molar-refractivity contribution in [2.75, 3.05) is 7.11 Å². The first-order valence-corrected chi connectivity index (χ1v) is 4.01. The highest BCUT2D eigenvalue weighted by Crippen LogP contribution is 2.31. The van der Waals surface area contributed by atoms with Crippen molar-refractivity contribution in [3.63, 3.8) is 0 Å². The maximum absolute atomic E-state index is 12.5. The van der Waals surface area contributed by atoms with Crippen LogP contribution >= 0.6 is 0 Å². The summed E-state index contributed by atoms with van der Waals surface area (Å²) in [7, 11) is 1.06. The van der Waals surface area contributed by atoms with Gasteiger partial charge in [-0.05, 0) is 0 Å². The predicted octanol–water partition coefficient (Wildman–Crippen LogP) is 1.60. The van der Waals surface area contributed by atoms with E-state index in [2.05, 4.69) is 9.72 Å². The Labute approximate surface area is 88.9 Å². The molecule has 84 valence electrons. The Hall–Kier alpha value is -2.23. The van der Waals surface area contributed by atoms with Crippen LogP contribution in [0.5, 0.6) is 5.75 Å². The molecule has 1 N–H and O–H groups in total. The molecule has 0 aliphatic rings. The zero-order chi connectivity index (χ0) is 12.3. The summed E-state index contributed by atoms with van der Waals surface area (Å²) in [5.41, 5.74) is -1.67. The van der Waals surface area contributed by atoms with Gasteiger partial charge in [-0.25, -0.2) is 13.6 Å². The average Bonchev–Trinajstić information content (AvgIpc) is 2.26. The molecular formula is C9H6F2N2O3. The molecule has 0 radical (unpaired) electrons. The molecule has 0 bridgehead atoms. The van der Waals surface area contributed by atoms with E-state index in [1.54, 1.807) is 0 Å². The number of pyridine rings is 1. The van der Waals surface area contributed by atoms with Crippen LogP contribution in [0.15, 0.2) is 6.20 Å². The first-order chi connectivity index (χ1) is 7.52. The van der Waals surface area contributed by atoms with Crippen LogP contribution < -0.4 is 4.74 Å². The molecule has 0 saturated heterocycles. The van der Waals surface area contributed by atoms with Crippen molar-refractivity contribution >= 4 is 5.97 Å². The summed E-state index contributed by atoms with van der Waals surface area (Å²) >= 11 is 0. The van der Waals surface area contributed by atoms with Crippen LogP contribution in [0.1, 0.15) is 28.0 Å². The van der Waals surface area contributed by atoms with Gasteiger partial charge in [-0.15, -0.1) is 0 Å². The van der Waals surface area contributed by atoms with E-state index in [1.165, 1.54) is 6.07 Å². The monoisotopic (exact) mass is 228 g/mol. The van der Waals surface area contributed by atoms with Gasteiger partial charge in [0.25, 0.3) is 6.43 Å². The van der Waals surface area contributed by atoms with Gasteiger partial charge >= 0.3 is 5.97 Å². The molecule has 0 saturated carbocycles. The molecule has 0 atom stereocenters. The first-order valence-electron chi connectivity index (χ1n) is 4.01. The third kappa shape index (κ3) is 1.91. The number of nitriles is 1. The number of carboxylic acids is 1. The van der Waals surface area contributed by atoms with Gasteiger partial charge in [0.2, 0.25) is 0 Å². The van der Waals surface area contributed by atoms with Crippen LogP contribution in [-0.2, 0) is 0 Å². The number of hydrogen-bond donors (Lipinski definition) is 1. The Morgan fingerprint density at radius 2 is 2.31 bits per heavy atom. The number of aromatic carboxylic acids is 1. The zero-order valence-electron chi connectivity index (χ0n) is 8.07. The van der Waals surface area contributed by atoms with Crippen LogP contribution in [0.25, 0.3) is 0 Å². The van der Waals surface area contributed by atoms with E-state index in [0.29, 0.717) is 6.20 Å². The lowest BCUT2D eigenvalue weighted by atomic mass is 10.1. The second-order valence-electron chi connectivity index (χ2n) is 2.68. The summed E-state index contributed by atoms with van der Waals surface area (Å²) < 4.78 is 29.5. The molecule has 1 aromatic heterocycles. The fourth-order valence-corrected chi connectivity index (χ4v) is 1.14. The minimum absolute atomic E-state index is 0.458. The highest BCUT2D eigenvalue weighted by molar-refractivity contribution is 5.91. The van der Waals surface area contributed by atoms with Crippen molar-refractivity contribution in [1.82, 2.24) is 4.98 Å². The fraction of sp³-hybridized carbons (Fsp3) is 0.222. The number of halogens is 2. The molecule has 1 heterocycles. The average molecular weight is 228 g/mol. The largest absolute Gasteiger partial charge is 0.493 e. The maximum atomic E-state index is 12.5. The van der Waals surface area contributed by atoms with Gasteiger partial charge < -0.3 is 9.84 Å². The number of alkyl halides is 2. The van der Waals surface area contributed by atoms with Crippen LogP contribution in [-0.4, -0.2) is 23.2 Å². The number of carboxylic acid groups (broad SMARTS) is 1. The summed E-state index contributed by atoms with van der Waals surface area (Å²) in [6.45, 7) is 0. The normalized spacial score (nSPS) is 9.94. The van der Waals surface area contributed by atoms with Crippen LogP contribution in [0.4, 0.5) is 8.78 Å². The molecule has 0 fully saturated rings. The maximum Gasteiger partial charge on any atom is 0.338 e. The summed E-state index contributed by atoms with van der Waals surface area (Å²) in [6.07, 6.45) is -2.23.